The highest BCUT2D eigenvalue weighted by molar-refractivity contribution is 5.41. The monoisotopic (exact) mass is 452 g/mol. The van der Waals surface area contributed by atoms with Crippen LogP contribution < -0.4 is 4.74 Å². The first-order valence-corrected chi connectivity index (χ1v) is 13.2. The van der Waals surface area contributed by atoms with Crippen LogP contribution in [0.4, 0.5) is 0 Å². The Bertz CT molecular complexity index is 1110. The molecule has 2 nitrogen and oxygen atoms in total. The van der Waals surface area contributed by atoms with Crippen molar-refractivity contribution in [1.29, 1.82) is 0 Å². The summed E-state index contributed by atoms with van der Waals surface area (Å²) in [6.07, 6.45) is 8.01. The molecule has 0 saturated heterocycles. The Balaban J connectivity index is 1.14. The van der Waals surface area contributed by atoms with Gasteiger partial charge < -0.3 is 9.47 Å². The Morgan fingerprint density at radius 1 is 0.794 bits per heavy atom. The van der Waals surface area contributed by atoms with Crippen LogP contribution in [0.2, 0.25) is 0 Å². The number of rotatable bonds is 6. The van der Waals surface area contributed by atoms with Gasteiger partial charge in [-0.15, -0.1) is 0 Å². The van der Waals surface area contributed by atoms with Gasteiger partial charge in [-0.25, -0.2) is 0 Å². The summed E-state index contributed by atoms with van der Waals surface area (Å²) in [6, 6.07) is 28.0. The van der Waals surface area contributed by atoms with E-state index in [0.29, 0.717) is 24.0 Å². The molecule has 34 heavy (non-hydrogen) atoms. The van der Waals surface area contributed by atoms with E-state index < -0.39 is 0 Å². The van der Waals surface area contributed by atoms with Gasteiger partial charge >= 0.3 is 0 Å². The minimum absolute atomic E-state index is 0.326. The zero-order chi connectivity index (χ0) is 23.0. The second-order valence-electron chi connectivity index (χ2n) is 11.0. The lowest BCUT2D eigenvalue weighted by molar-refractivity contribution is -0.0707. The molecule has 0 heterocycles. The summed E-state index contributed by atoms with van der Waals surface area (Å²) < 4.78 is 12.7. The van der Waals surface area contributed by atoms with E-state index in [-0.39, 0.29) is 0 Å². The minimum Gasteiger partial charge on any atom is -0.489 e. The van der Waals surface area contributed by atoms with Crippen LogP contribution in [-0.2, 0) is 24.4 Å². The van der Waals surface area contributed by atoms with Crippen LogP contribution in [0.3, 0.4) is 0 Å². The largest absolute Gasteiger partial charge is 0.489 e. The first kappa shape index (κ1) is 21.9. The van der Waals surface area contributed by atoms with Gasteiger partial charge in [-0.3, -0.25) is 0 Å². The standard InChI is InChI=1S/C32H36O2/c1-32-19-18-28-27-15-13-26(33-21-23-8-4-2-5-9-23)20-25(27)12-14-29(28)30(32)16-17-31(32)34-22-24-10-6-3-7-11-24/h2-11,13,15,20,28-31H,12,14,16-19,21-22H2,1H3/t28-,29-,30+,31?,32+/m1/s1. The molecule has 0 N–H and O–H groups in total. The maximum Gasteiger partial charge on any atom is 0.120 e. The fraction of sp³-hybridized carbons (Fsp3) is 0.438. The molecule has 5 atom stereocenters. The summed E-state index contributed by atoms with van der Waals surface area (Å²) in [4.78, 5) is 0. The van der Waals surface area contributed by atoms with Gasteiger partial charge in [-0.05, 0) is 96.1 Å². The van der Waals surface area contributed by atoms with Gasteiger partial charge in [0.05, 0.1) is 12.7 Å². The molecule has 0 spiro atoms. The van der Waals surface area contributed by atoms with Crippen molar-refractivity contribution < 1.29 is 9.47 Å². The summed E-state index contributed by atoms with van der Waals surface area (Å²) in [6.45, 7) is 3.92. The SMILES string of the molecule is C[C@]12CC[C@@H]3c4ccc(OCc5ccccc5)cc4CC[C@H]3[C@@H]1CCC2OCc1ccccc1. The van der Waals surface area contributed by atoms with Crippen LogP contribution in [0, 0.1) is 17.3 Å². The molecule has 0 radical (unpaired) electrons. The van der Waals surface area contributed by atoms with Crippen molar-refractivity contribution in [3.8, 4) is 5.75 Å². The molecule has 0 amide bonds. The highest BCUT2D eigenvalue weighted by Crippen LogP contribution is 2.61. The summed E-state index contributed by atoms with van der Waals surface area (Å²) in [7, 11) is 0. The zero-order valence-corrected chi connectivity index (χ0v) is 20.3. The van der Waals surface area contributed by atoms with E-state index in [1.165, 1.54) is 55.2 Å². The number of fused-ring (bicyclic) bond motifs is 5. The predicted molar refractivity (Wildman–Crippen MR) is 137 cm³/mol. The smallest absolute Gasteiger partial charge is 0.120 e. The molecule has 1 unspecified atom stereocenters. The molecular weight excluding hydrogens is 416 g/mol. The van der Waals surface area contributed by atoms with Crippen molar-refractivity contribution in [2.75, 3.05) is 0 Å². The summed E-state index contributed by atoms with van der Waals surface area (Å²) in [5.41, 5.74) is 5.95. The molecule has 2 fully saturated rings. The third-order valence-corrected chi connectivity index (χ3v) is 9.15. The lowest BCUT2D eigenvalue weighted by Gasteiger charge is -2.50. The lowest BCUT2D eigenvalue weighted by atomic mass is 9.55. The van der Waals surface area contributed by atoms with Gasteiger partial charge in [0.2, 0.25) is 0 Å². The topological polar surface area (TPSA) is 18.5 Å². The normalized spacial score (nSPS) is 29.7. The fourth-order valence-electron chi connectivity index (χ4n) is 7.39. The number of aryl methyl sites for hydroxylation is 1. The van der Waals surface area contributed by atoms with Crippen LogP contribution in [-0.4, -0.2) is 6.10 Å². The van der Waals surface area contributed by atoms with Crippen LogP contribution in [0.1, 0.15) is 67.2 Å². The van der Waals surface area contributed by atoms with Crippen LogP contribution in [0.25, 0.3) is 0 Å². The molecule has 0 aliphatic heterocycles. The highest BCUT2D eigenvalue weighted by Gasteiger charge is 2.55. The van der Waals surface area contributed by atoms with E-state index in [4.69, 9.17) is 9.47 Å². The predicted octanol–water partition coefficient (Wildman–Crippen LogP) is 7.71. The van der Waals surface area contributed by atoms with Crippen molar-refractivity contribution in [2.45, 2.75) is 70.7 Å². The number of ether oxygens (including phenoxy) is 2. The Morgan fingerprint density at radius 3 is 2.29 bits per heavy atom. The Kier molecular flexibility index (Phi) is 5.95. The zero-order valence-electron chi connectivity index (χ0n) is 20.3. The van der Waals surface area contributed by atoms with E-state index >= 15 is 0 Å². The molecular formula is C32H36O2. The minimum atomic E-state index is 0.326. The highest BCUT2D eigenvalue weighted by atomic mass is 16.5. The van der Waals surface area contributed by atoms with E-state index in [1.807, 2.05) is 0 Å². The summed E-state index contributed by atoms with van der Waals surface area (Å²) in [5, 5.41) is 0. The van der Waals surface area contributed by atoms with E-state index in [1.54, 1.807) is 5.56 Å². The van der Waals surface area contributed by atoms with Crippen molar-refractivity contribution in [3.05, 3.63) is 101 Å². The molecule has 0 aromatic heterocycles. The van der Waals surface area contributed by atoms with Gasteiger partial charge in [-0.2, -0.15) is 0 Å². The second-order valence-corrected chi connectivity index (χ2v) is 11.0. The average Bonchev–Trinajstić information content (AvgIpc) is 3.23. The van der Waals surface area contributed by atoms with E-state index in [0.717, 1.165) is 24.2 Å². The maximum atomic E-state index is 6.57. The second kappa shape index (κ2) is 9.23. The molecule has 0 bridgehead atoms. The molecule has 6 rings (SSSR count). The summed E-state index contributed by atoms with van der Waals surface area (Å²) >= 11 is 0. The Hall–Kier alpha value is -2.58. The first-order valence-electron chi connectivity index (χ1n) is 13.2. The van der Waals surface area contributed by atoms with Gasteiger partial charge in [-0.1, -0.05) is 73.7 Å². The lowest BCUT2D eigenvalue weighted by Crippen LogP contribution is -2.44. The van der Waals surface area contributed by atoms with Gasteiger partial charge in [0.15, 0.2) is 0 Å². The van der Waals surface area contributed by atoms with Gasteiger partial charge in [0.1, 0.15) is 12.4 Å². The van der Waals surface area contributed by atoms with E-state index in [9.17, 15) is 0 Å². The molecule has 3 aromatic carbocycles. The molecule has 3 aliphatic rings. The van der Waals surface area contributed by atoms with Crippen molar-refractivity contribution in [2.24, 2.45) is 17.3 Å². The summed E-state index contributed by atoms with van der Waals surface area (Å²) in [5.74, 6) is 3.30. The molecule has 176 valence electrons. The third-order valence-electron chi connectivity index (χ3n) is 9.15. The fourth-order valence-corrected chi connectivity index (χ4v) is 7.39. The molecule has 2 heteroatoms. The van der Waals surface area contributed by atoms with Crippen molar-refractivity contribution in [1.82, 2.24) is 0 Å². The quantitative estimate of drug-likeness (QED) is 0.381. The van der Waals surface area contributed by atoms with E-state index in [2.05, 4.69) is 85.8 Å². The molecule has 3 aromatic rings. The number of hydrogen-bond acceptors (Lipinski definition) is 2. The number of benzene rings is 3. The van der Waals surface area contributed by atoms with Crippen LogP contribution >= 0.6 is 0 Å². The molecule has 2 saturated carbocycles. The maximum absolute atomic E-state index is 6.57. The Morgan fingerprint density at radius 2 is 1.53 bits per heavy atom. The van der Waals surface area contributed by atoms with Gasteiger partial charge in [0, 0.05) is 0 Å². The number of hydrogen-bond donors (Lipinski definition) is 0. The Labute approximate surface area is 204 Å². The average molecular weight is 453 g/mol. The van der Waals surface area contributed by atoms with Crippen LogP contribution in [0.5, 0.6) is 5.75 Å². The third kappa shape index (κ3) is 4.07. The van der Waals surface area contributed by atoms with Gasteiger partial charge in [0.25, 0.3) is 0 Å². The first-order chi connectivity index (χ1) is 16.7. The van der Waals surface area contributed by atoms with Crippen molar-refractivity contribution >= 4 is 0 Å². The van der Waals surface area contributed by atoms with Crippen molar-refractivity contribution in [3.63, 3.8) is 0 Å². The van der Waals surface area contributed by atoms with Crippen LogP contribution in [0.15, 0.2) is 78.9 Å². The molecule has 3 aliphatic carbocycles.